The van der Waals surface area contributed by atoms with Crippen LogP contribution in [0, 0.1) is 18.7 Å². The van der Waals surface area contributed by atoms with Crippen molar-refractivity contribution in [1.82, 2.24) is 29.2 Å². The number of carbonyl (C=O) groups is 3. The summed E-state index contributed by atoms with van der Waals surface area (Å²) in [6.45, 7) is 5.75. The Balaban J connectivity index is 1.28. The first kappa shape index (κ1) is 46.6. The van der Waals surface area contributed by atoms with E-state index in [1.54, 1.807) is 31.4 Å². The van der Waals surface area contributed by atoms with Crippen molar-refractivity contribution >= 4 is 55.9 Å². The molecule has 3 amide bonds. The van der Waals surface area contributed by atoms with E-state index in [9.17, 15) is 40.4 Å². The van der Waals surface area contributed by atoms with Gasteiger partial charge in [0.05, 0.1) is 30.4 Å². The van der Waals surface area contributed by atoms with Crippen molar-refractivity contribution in [1.29, 1.82) is 0 Å². The minimum absolute atomic E-state index is 0.0831. The highest BCUT2D eigenvalue weighted by Crippen LogP contribution is 2.46. The number of aromatic nitrogens is 2. The highest BCUT2D eigenvalue weighted by Gasteiger charge is 2.62. The Kier molecular flexibility index (Phi) is 13.3. The molecule has 0 unspecified atom stereocenters. The fraction of sp³-hybridized carbons (Fsp3) is 0.477. The average molecular weight is 930 g/mol. The summed E-state index contributed by atoms with van der Waals surface area (Å²) in [5.74, 6) is -2.99. The van der Waals surface area contributed by atoms with Crippen LogP contribution in [0.15, 0.2) is 53.9 Å². The lowest BCUT2D eigenvalue weighted by Crippen LogP contribution is -2.58. The Bertz CT molecular complexity index is 2590. The number of ether oxygens (including phenoxy) is 2. The number of hydrogen-bond donors (Lipinski definition) is 3. The molecule has 14 nitrogen and oxygen atoms in total. The normalized spacial score (nSPS) is 23.8. The van der Waals surface area contributed by atoms with Gasteiger partial charge in [-0.15, -0.1) is 11.3 Å². The van der Waals surface area contributed by atoms with E-state index < -0.39 is 75.1 Å². The highest BCUT2D eigenvalue weighted by atomic mass is 32.2. The predicted molar refractivity (Wildman–Crippen MR) is 234 cm³/mol. The number of fused-ring (bicyclic) bond motifs is 3. The standard InChI is InChI=1S/C44H51F4N7O7S2/c1-24(2)34-23-63-40(51-34)33-20-37(31-14-15-36(61-6)25(3)38(31)50-33)62-30-19-35-39(56)52-43(42(58)53-64(59,60)54(4)5)21-26(43)12-10-8-7-9-11-13-32(41(57)55(35)22-30)49-29-17-27(44(46,47)48)16-28(45)18-29/h10,12,14-18,20,23-24,26,30,32,35,49H,7-9,11,13,19,21-22H2,1-6H3,(H,52,56)(H,53,58)/b12-10-/t26-,30-,32+,35+,43-/m1/s1. The van der Waals surface area contributed by atoms with E-state index >= 15 is 0 Å². The van der Waals surface area contributed by atoms with E-state index in [-0.39, 0.29) is 37.4 Å². The van der Waals surface area contributed by atoms with E-state index in [1.807, 2.05) is 32.2 Å². The zero-order chi connectivity index (χ0) is 46.3. The number of rotatable bonds is 10. The van der Waals surface area contributed by atoms with Crippen LogP contribution in [0.3, 0.4) is 0 Å². The van der Waals surface area contributed by atoms with Crippen LogP contribution in [0.1, 0.15) is 81.5 Å². The van der Waals surface area contributed by atoms with Gasteiger partial charge in [-0.05, 0) is 68.9 Å². The van der Waals surface area contributed by atoms with Crippen LogP contribution < -0.4 is 24.8 Å². The monoisotopic (exact) mass is 929 g/mol. The SMILES string of the molecule is COc1ccc2c(O[C@@H]3C[C@H]4C(=O)N[C@]5(C(=O)NS(=O)(=O)N(C)C)C[C@H]5/C=C\CCCCC[C@H](Nc5cc(F)cc(C(F)(F)F)c5)C(=O)N4C3)cc(-c3nc(C(C)C)cs3)nc2c1C. The van der Waals surface area contributed by atoms with Crippen LogP contribution in [0.5, 0.6) is 11.5 Å². The van der Waals surface area contributed by atoms with Crippen molar-refractivity contribution in [2.24, 2.45) is 5.92 Å². The molecule has 7 rings (SSSR count). The molecule has 2 aromatic heterocycles. The molecular weight excluding hydrogens is 879 g/mol. The molecule has 20 heteroatoms. The fourth-order valence-corrected chi connectivity index (χ4v) is 9.70. The van der Waals surface area contributed by atoms with E-state index in [1.165, 1.54) is 30.3 Å². The summed E-state index contributed by atoms with van der Waals surface area (Å²) in [7, 11) is -0.216. The molecule has 0 bridgehead atoms. The first-order valence-corrected chi connectivity index (χ1v) is 23.3. The maximum Gasteiger partial charge on any atom is 0.416 e. The van der Waals surface area contributed by atoms with Gasteiger partial charge in [0.15, 0.2) is 0 Å². The van der Waals surface area contributed by atoms with Gasteiger partial charge in [-0.25, -0.2) is 19.1 Å². The number of methoxy groups -OCH3 is 1. The average Bonchev–Trinajstić information content (AvgIpc) is 3.51. The predicted octanol–water partition coefficient (Wildman–Crippen LogP) is 7.10. The van der Waals surface area contributed by atoms with Gasteiger partial charge in [-0.2, -0.15) is 25.9 Å². The molecule has 1 saturated carbocycles. The number of nitrogens with one attached hydrogen (secondary N) is 3. The van der Waals surface area contributed by atoms with Gasteiger partial charge in [-0.3, -0.25) is 14.4 Å². The zero-order valence-electron chi connectivity index (χ0n) is 36.2. The van der Waals surface area contributed by atoms with E-state index in [2.05, 4.69) is 15.4 Å². The van der Waals surface area contributed by atoms with Gasteiger partial charge >= 0.3 is 16.4 Å². The van der Waals surface area contributed by atoms with Gasteiger partial charge in [0.1, 0.15) is 51.7 Å². The van der Waals surface area contributed by atoms with Crippen LogP contribution in [0.25, 0.3) is 21.6 Å². The van der Waals surface area contributed by atoms with E-state index in [0.717, 1.165) is 27.7 Å². The number of thiazole rings is 1. The maximum atomic E-state index is 14.9. The number of pyridine rings is 1. The Morgan fingerprint density at radius 3 is 2.53 bits per heavy atom. The molecule has 3 aliphatic rings. The Morgan fingerprint density at radius 2 is 1.84 bits per heavy atom. The first-order chi connectivity index (χ1) is 30.2. The third kappa shape index (κ3) is 9.83. The number of benzene rings is 2. The van der Waals surface area contributed by atoms with Crippen molar-refractivity contribution < 1.29 is 49.8 Å². The van der Waals surface area contributed by atoms with E-state index in [4.69, 9.17) is 19.4 Å². The van der Waals surface area contributed by atoms with Crippen molar-refractivity contribution in [2.75, 3.05) is 33.1 Å². The molecule has 5 atom stereocenters. The molecule has 344 valence electrons. The summed E-state index contributed by atoms with van der Waals surface area (Å²) < 4.78 is 97.0. The molecule has 1 saturated heterocycles. The molecule has 0 radical (unpaired) electrons. The van der Waals surface area contributed by atoms with Crippen LogP contribution in [0.4, 0.5) is 23.2 Å². The Morgan fingerprint density at radius 1 is 1.08 bits per heavy atom. The van der Waals surface area contributed by atoms with Gasteiger partial charge in [0.25, 0.3) is 5.91 Å². The molecule has 1 aliphatic carbocycles. The fourth-order valence-electron chi connectivity index (χ4n) is 8.16. The number of hydrogen-bond acceptors (Lipinski definition) is 11. The maximum absolute atomic E-state index is 14.9. The summed E-state index contributed by atoms with van der Waals surface area (Å²) in [5, 5.41) is 8.85. The lowest BCUT2D eigenvalue weighted by Gasteiger charge is -2.30. The highest BCUT2D eigenvalue weighted by molar-refractivity contribution is 7.87. The zero-order valence-corrected chi connectivity index (χ0v) is 37.8. The molecule has 4 heterocycles. The minimum Gasteiger partial charge on any atom is -0.496 e. The molecule has 2 aliphatic heterocycles. The van der Waals surface area contributed by atoms with Gasteiger partial charge in [0, 0.05) is 54.5 Å². The van der Waals surface area contributed by atoms with Gasteiger partial charge in [-0.1, -0.05) is 38.8 Å². The number of amides is 3. The summed E-state index contributed by atoms with van der Waals surface area (Å²) >= 11 is 1.42. The third-order valence-corrected chi connectivity index (χ3v) is 14.2. The number of carbonyl (C=O) groups excluding carboxylic acids is 3. The van der Waals surface area contributed by atoms with E-state index in [0.29, 0.717) is 64.9 Å². The number of alkyl halides is 3. The number of anilines is 1. The van der Waals surface area contributed by atoms with Crippen LogP contribution in [-0.4, -0.2) is 96.8 Å². The van der Waals surface area contributed by atoms with Crippen molar-refractivity contribution in [2.45, 2.75) is 102 Å². The van der Waals surface area contributed by atoms with Crippen molar-refractivity contribution in [3.05, 3.63) is 76.6 Å². The number of nitrogens with zero attached hydrogens (tertiary/aromatic N) is 4. The summed E-state index contributed by atoms with van der Waals surface area (Å²) in [6, 6.07) is 4.76. The molecule has 2 aromatic carbocycles. The molecular formula is C44H51F4N7O7S2. The second-order valence-corrected chi connectivity index (χ2v) is 19.7. The van der Waals surface area contributed by atoms with Crippen LogP contribution in [0.2, 0.25) is 0 Å². The lowest BCUT2D eigenvalue weighted by molar-refractivity contribution is -0.140. The minimum atomic E-state index is -4.87. The summed E-state index contributed by atoms with van der Waals surface area (Å²) in [5.41, 5.74) is -0.494. The number of aryl methyl sites for hydroxylation is 1. The molecule has 0 spiro atoms. The topological polar surface area (TPSA) is 172 Å². The Labute approximate surface area is 373 Å². The van der Waals surface area contributed by atoms with Gasteiger partial charge in [0.2, 0.25) is 11.8 Å². The third-order valence-electron chi connectivity index (χ3n) is 11.9. The van der Waals surface area contributed by atoms with Crippen molar-refractivity contribution in [3.8, 4) is 22.2 Å². The molecule has 2 fully saturated rings. The first-order valence-electron chi connectivity index (χ1n) is 21.0. The Hall–Kier alpha value is -5.34. The van der Waals surface area contributed by atoms with Crippen molar-refractivity contribution in [3.63, 3.8) is 0 Å². The van der Waals surface area contributed by atoms with Gasteiger partial charge < -0.3 is 25.0 Å². The largest absolute Gasteiger partial charge is 0.496 e. The quantitative estimate of drug-likeness (QED) is 0.110. The summed E-state index contributed by atoms with van der Waals surface area (Å²) in [6.07, 6.45) is 0.278. The van der Waals surface area contributed by atoms with Crippen LogP contribution >= 0.6 is 11.3 Å². The second-order valence-electron chi connectivity index (χ2n) is 17.0. The molecule has 4 aromatic rings. The molecule has 3 N–H and O–H groups in total. The number of halogens is 4. The molecule has 64 heavy (non-hydrogen) atoms. The summed E-state index contributed by atoms with van der Waals surface area (Å²) in [4.78, 5) is 54.4. The number of allylic oxidation sites excluding steroid dienone is 1. The second kappa shape index (κ2) is 18.3. The van der Waals surface area contributed by atoms with Crippen LogP contribution in [-0.2, 0) is 30.8 Å². The lowest BCUT2D eigenvalue weighted by atomic mass is 10.0. The smallest absolute Gasteiger partial charge is 0.416 e.